The number of nitrogens with zero attached hydrogens (tertiary/aromatic N) is 2. The first-order chi connectivity index (χ1) is 14.9. The normalized spacial score (nSPS) is 21.4. The fourth-order valence-corrected chi connectivity index (χ4v) is 4.05. The van der Waals surface area contributed by atoms with Gasteiger partial charge in [-0.15, -0.1) is 0 Å². The van der Waals surface area contributed by atoms with Gasteiger partial charge in [0, 0.05) is 18.2 Å². The molecule has 174 valence electrons. The van der Waals surface area contributed by atoms with E-state index in [1.807, 2.05) is 0 Å². The number of hydrogen-bond donors (Lipinski definition) is 1. The van der Waals surface area contributed by atoms with E-state index in [0.29, 0.717) is 5.56 Å². The Balaban J connectivity index is 1.76. The highest BCUT2D eigenvalue weighted by atomic mass is 32.2. The molecule has 1 aliphatic rings. The molecule has 2 heterocycles. The molecule has 3 rings (SSSR count). The number of rotatable bonds is 8. The summed E-state index contributed by atoms with van der Waals surface area (Å²) < 4.78 is 62.0. The molecule has 0 spiro atoms. The number of carbonyl (C=O) groups is 1. The van der Waals surface area contributed by atoms with Crippen LogP contribution < -0.4 is 11.0 Å². The molecule has 0 radical (unpaired) electrons. The molecule has 0 bridgehead atoms. The molecule has 32 heavy (non-hydrogen) atoms. The van der Waals surface area contributed by atoms with E-state index >= 15 is 0 Å². The summed E-state index contributed by atoms with van der Waals surface area (Å²) in [6.45, 7) is -0.497. The van der Waals surface area contributed by atoms with Crippen molar-refractivity contribution in [2.75, 3.05) is 24.4 Å². The van der Waals surface area contributed by atoms with Crippen LogP contribution in [0.4, 0.5) is 5.82 Å². The Labute approximate surface area is 184 Å². The van der Waals surface area contributed by atoms with Gasteiger partial charge in [0.05, 0.1) is 19.1 Å². The fraction of sp³-hybridized carbons (Fsp3) is 0.389. The van der Waals surface area contributed by atoms with E-state index in [9.17, 15) is 26.4 Å². The number of nitrogens with one attached hydrogen (secondary N) is 1. The summed E-state index contributed by atoms with van der Waals surface area (Å²) in [6.07, 6.45) is -0.237. The molecule has 0 aliphatic carbocycles. The molecule has 0 unspecified atom stereocenters. The van der Waals surface area contributed by atoms with Crippen molar-refractivity contribution in [3.63, 3.8) is 0 Å². The minimum absolute atomic E-state index is 0.0130. The van der Waals surface area contributed by atoms with E-state index in [-0.39, 0.29) is 12.2 Å². The molecule has 1 amide bonds. The average molecular weight is 488 g/mol. The third-order valence-corrected chi connectivity index (χ3v) is 5.50. The van der Waals surface area contributed by atoms with Gasteiger partial charge < -0.3 is 10.1 Å². The Morgan fingerprint density at radius 1 is 1.16 bits per heavy atom. The first-order valence-corrected chi connectivity index (χ1v) is 12.9. The van der Waals surface area contributed by atoms with Crippen LogP contribution in [-0.2, 0) is 33.3 Å². The van der Waals surface area contributed by atoms with E-state index in [2.05, 4.69) is 10.3 Å². The SMILES string of the molecule is CS(=O)(=O)OC[C@@H]1O[C@@H](n2ccc(NC(=O)c3ccccc3)nc2=O)C[C@@H]1OS(C)(=O)=O. The summed E-state index contributed by atoms with van der Waals surface area (Å²) in [5, 5.41) is 2.51. The molecular formula is C18H21N3O9S2. The van der Waals surface area contributed by atoms with Gasteiger partial charge in [0.25, 0.3) is 26.1 Å². The average Bonchev–Trinajstić information content (AvgIpc) is 3.07. The summed E-state index contributed by atoms with van der Waals surface area (Å²) in [4.78, 5) is 28.5. The van der Waals surface area contributed by atoms with Crippen molar-refractivity contribution < 1.29 is 34.7 Å². The highest BCUT2D eigenvalue weighted by Gasteiger charge is 2.40. The second-order valence-electron chi connectivity index (χ2n) is 7.02. The van der Waals surface area contributed by atoms with Crippen molar-refractivity contribution in [3.05, 3.63) is 58.6 Å². The lowest BCUT2D eigenvalue weighted by Gasteiger charge is -2.17. The van der Waals surface area contributed by atoms with E-state index in [1.54, 1.807) is 30.3 Å². The van der Waals surface area contributed by atoms with Gasteiger partial charge in [-0.1, -0.05) is 18.2 Å². The molecule has 12 nitrogen and oxygen atoms in total. The van der Waals surface area contributed by atoms with Crippen molar-refractivity contribution in [1.29, 1.82) is 0 Å². The number of hydrogen-bond acceptors (Lipinski definition) is 10. The Morgan fingerprint density at radius 2 is 1.84 bits per heavy atom. The first-order valence-electron chi connectivity index (χ1n) is 9.25. The van der Waals surface area contributed by atoms with Crippen molar-refractivity contribution in [2.45, 2.75) is 24.9 Å². The van der Waals surface area contributed by atoms with E-state index in [0.717, 1.165) is 17.1 Å². The predicted octanol–water partition coefficient (Wildman–Crippen LogP) is 0.104. The van der Waals surface area contributed by atoms with Gasteiger partial charge in [0.2, 0.25) is 0 Å². The van der Waals surface area contributed by atoms with Gasteiger partial charge >= 0.3 is 5.69 Å². The summed E-state index contributed by atoms with van der Waals surface area (Å²) in [5.74, 6) is -0.439. The maximum absolute atomic E-state index is 12.5. The summed E-state index contributed by atoms with van der Waals surface area (Å²) >= 11 is 0. The molecule has 0 saturated carbocycles. The first kappa shape index (κ1) is 24.0. The monoisotopic (exact) mass is 487 g/mol. The maximum Gasteiger partial charge on any atom is 0.351 e. The van der Waals surface area contributed by atoms with Crippen molar-refractivity contribution in [3.8, 4) is 0 Å². The van der Waals surface area contributed by atoms with Crippen LogP contribution in [0.25, 0.3) is 0 Å². The van der Waals surface area contributed by atoms with Gasteiger partial charge in [-0.25, -0.2) is 4.79 Å². The minimum atomic E-state index is -3.89. The Hall–Kier alpha value is -2.65. The van der Waals surface area contributed by atoms with Gasteiger partial charge in [-0.2, -0.15) is 21.8 Å². The van der Waals surface area contributed by atoms with Crippen LogP contribution in [0.5, 0.6) is 0 Å². The summed E-state index contributed by atoms with van der Waals surface area (Å²) in [7, 11) is -7.71. The third-order valence-electron chi connectivity index (χ3n) is 4.34. The zero-order valence-corrected chi connectivity index (χ0v) is 18.7. The van der Waals surface area contributed by atoms with Crippen LogP contribution in [0.15, 0.2) is 47.4 Å². The molecule has 1 N–H and O–H groups in total. The van der Waals surface area contributed by atoms with E-state index in [1.165, 1.54) is 12.3 Å². The highest BCUT2D eigenvalue weighted by molar-refractivity contribution is 7.86. The Kier molecular flexibility index (Phi) is 7.09. The molecule has 1 saturated heterocycles. The lowest BCUT2D eigenvalue weighted by Crippen LogP contribution is -2.31. The second kappa shape index (κ2) is 9.46. The Morgan fingerprint density at radius 3 is 2.44 bits per heavy atom. The van der Waals surface area contributed by atoms with Crippen LogP contribution >= 0.6 is 0 Å². The summed E-state index contributed by atoms with van der Waals surface area (Å²) in [5.41, 5.74) is -0.393. The van der Waals surface area contributed by atoms with Crippen LogP contribution in [0, 0.1) is 0 Å². The minimum Gasteiger partial charge on any atom is -0.349 e. The van der Waals surface area contributed by atoms with Crippen LogP contribution in [0.1, 0.15) is 23.0 Å². The molecule has 1 aromatic heterocycles. The Bertz CT molecular complexity index is 1240. The standard InChI is InChI=1S/C18H21N3O9S2/c1-31(24,25)28-11-14-13(30-32(2,26)27)10-16(29-14)21-9-8-15(20-18(21)23)19-17(22)12-6-4-3-5-7-12/h3-9,13-14,16H,10-11H2,1-2H3,(H,19,20,22,23)/t13-,14-,16+/m0/s1. The van der Waals surface area contributed by atoms with Gasteiger partial charge in [-0.3, -0.25) is 17.7 Å². The number of carbonyl (C=O) groups excluding carboxylic acids is 1. The number of amides is 1. The zero-order chi connectivity index (χ0) is 23.5. The van der Waals surface area contributed by atoms with Crippen LogP contribution in [-0.4, -0.2) is 63.6 Å². The van der Waals surface area contributed by atoms with Gasteiger partial charge in [0.1, 0.15) is 24.3 Å². The maximum atomic E-state index is 12.5. The lowest BCUT2D eigenvalue weighted by atomic mass is 10.2. The quantitative estimate of drug-likeness (QED) is 0.506. The lowest BCUT2D eigenvalue weighted by molar-refractivity contribution is -0.0351. The molecule has 14 heteroatoms. The molecule has 1 aliphatic heterocycles. The van der Waals surface area contributed by atoms with Crippen molar-refractivity contribution >= 4 is 32.0 Å². The molecule has 3 atom stereocenters. The van der Waals surface area contributed by atoms with Crippen molar-refractivity contribution in [2.24, 2.45) is 0 Å². The van der Waals surface area contributed by atoms with Gasteiger partial charge in [-0.05, 0) is 18.2 Å². The van der Waals surface area contributed by atoms with E-state index < -0.39 is 56.9 Å². The second-order valence-corrected chi connectivity index (χ2v) is 10.3. The topological polar surface area (TPSA) is 160 Å². The summed E-state index contributed by atoms with van der Waals surface area (Å²) in [6, 6.07) is 9.71. The number of ether oxygens (including phenoxy) is 1. The van der Waals surface area contributed by atoms with Crippen LogP contribution in [0.3, 0.4) is 0 Å². The predicted molar refractivity (Wildman–Crippen MR) is 112 cm³/mol. The number of benzene rings is 1. The van der Waals surface area contributed by atoms with Gasteiger partial charge in [0.15, 0.2) is 0 Å². The largest absolute Gasteiger partial charge is 0.351 e. The molecule has 2 aromatic rings. The smallest absolute Gasteiger partial charge is 0.349 e. The number of aromatic nitrogens is 2. The number of anilines is 1. The zero-order valence-electron chi connectivity index (χ0n) is 17.1. The molecule has 1 aromatic carbocycles. The third kappa shape index (κ3) is 6.67. The highest BCUT2D eigenvalue weighted by Crippen LogP contribution is 2.31. The van der Waals surface area contributed by atoms with Crippen LogP contribution in [0.2, 0.25) is 0 Å². The van der Waals surface area contributed by atoms with E-state index in [4.69, 9.17) is 13.1 Å². The fourth-order valence-electron chi connectivity index (χ4n) is 3.02. The van der Waals surface area contributed by atoms with Crippen molar-refractivity contribution in [1.82, 2.24) is 9.55 Å². The molecule has 1 fully saturated rings. The molecular weight excluding hydrogens is 466 g/mol.